The number of aromatic nitrogens is 3. The van der Waals surface area contributed by atoms with Crippen molar-refractivity contribution in [3.05, 3.63) is 65.6 Å². The van der Waals surface area contributed by atoms with Gasteiger partial charge in [0.25, 0.3) is 0 Å². The third-order valence-electron chi connectivity index (χ3n) is 3.98. The molecular weight excluding hydrogens is 308 g/mol. The number of esters is 1. The summed E-state index contributed by atoms with van der Waals surface area (Å²) in [5.41, 5.74) is 2.00. The molecule has 0 bridgehead atoms. The summed E-state index contributed by atoms with van der Waals surface area (Å²) in [5, 5.41) is 10.9. The molecule has 0 fully saturated rings. The van der Waals surface area contributed by atoms with Crippen LogP contribution in [0.1, 0.15) is 34.3 Å². The van der Waals surface area contributed by atoms with Gasteiger partial charge in [0, 0.05) is 11.8 Å². The van der Waals surface area contributed by atoms with Gasteiger partial charge < -0.3 is 10.1 Å². The highest BCUT2D eigenvalue weighted by Crippen LogP contribution is 2.32. The number of carbonyl (C=O) groups excluding carboxylic acids is 2. The molecular formula is C17H14N4O3. The minimum Gasteiger partial charge on any atom is -0.453 e. The lowest BCUT2D eigenvalue weighted by Gasteiger charge is -2.10. The van der Waals surface area contributed by atoms with Crippen LogP contribution in [0.25, 0.3) is 5.65 Å². The van der Waals surface area contributed by atoms with E-state index in [0.717, 1.165) is 11.2 Å². The average Bonchev–Trinajstić information content (AvgIpc) is 3.15. The van der Waals surface area contributed by atoms with E-state index in [1.807, 2.05) is 40.9 Å². The highest BCUT2D eigenvalue weighted by atomic mass is 16.5. The van der Waals surface area contributed by atoms with E-state index in [1.54, 1.807) is 12.1 Å². The number of cyclic esters (lactones) is 1. The molecule has 4 rings (SSSR count). The molecule has 1 atom stereocenters. The second-order valence-corrected chi connectivity index (χ2v) is 5.51. The molecule has 0 unspecified atom stereocenters. The molecule has 0 spiro atoms. The van der Waals surface area contributed by atoms with Crippen molar-refractivity contribution < 1.29 is 14.3 Å². The first-order valence-electron chi connectivity index (χ1n) is 7.57. The van der Waals surface area contributed by atoms with Crippen LogP contribution in [-0.2, 0) is 16.1 Å². The molecule has 7 nitrogen and oxygen atoms in total. The van der Waals surface area contributed by atoms with E-state index in [0.29, 0.717) is 11.4 Å². The van der Waals surface area contributed by atoms with Gasteiger partial charge in [-0.25, -0.2) is 4.79 Å². The monoisotopic (exact) mass is 322 g/mol. The molecule has 1 aromatic carbocycles. The summed E-state index contributed by atoms with van der Waals surface area (Å²) in [7, 11) is 0. The fourth-order valence-corrected chi connectivity index (χ4v) is 2.80. The smallest absolute Gasteiger partial charge is 0.339 e. The SMILES string of the molecule is O=C(C[C@@H]1OC(=O)c2ccccc21)NCc1nnc2ccccn12. The number of ether oxygens (including phenoxy) is 1. The number of hydrogen-bond donors (Lipinski definition) is 1. The molecule has 1 N–H and O–H groups in total. The van der Waals surface area contributed by atoms with Crippen molar-refractivity contribution in [3.63, 3.8) is 0 Å². The number of fused-ring (bicyclic) bond motifs is 2. The molecule has 3 heterocycles. The van der Waals surface area contributed by atoms with Crippen LogP contribution in [0.3, 0.4) is 0 Å². The van der Waals surface area contributed by atoms with E-state index < -0.39 is 6.10 Å². The minimum absolute atomic E-state index is 0.0828. The van der Waals surface area contributed by atoms with Crippen molar-refractivity contribution >= 4 is 17.5 Å². The summed E-state index contributed by atoms with van der Waals surface area (Å²) in [5.74, 6) is 0.0480. The van der Waals surface area contributed by atoms with E-state index in [9.17, 15) is 9.59 Å². The Kier molecular flexibility index (Phi) is 3.45. The van der Waals surface area contributed by atoms with Crippen LogP contribution in [0.4, 0.5) is 0 Å². The molecule has 7 heteroatoms. The van der Waals surface area contributed by atoms with Gasteiger partial charge in [-0.3, -0.25) is 9.20 Å². The predicted octanol–water partition coefficient (Wildman–Crippen LogP) is 1.65. The summed E-state index contributed by atoms with van der Waals surface area (Å²) in [4.78, 5) is 24.0. The largest absolute Gasteiger partial charge is 0.453 e. The first kappa shape index (κ1) is 14.4. The van der Waals surface area contributed by atoms with Crippen LogP contribution in [0, 0.1) is 0 Å². The number of rotatable bonds is 4. The van der Waals surface area contributed by atoms with Gasteiger partial charge in [-0.15, -0.1) is 10.2 Å². The van der Waals surface area contributed by atoms with Gasteiger partial charge >= 0.3 is 5.97 Å². The first-order chi connectivity index (χ1) is 11.7. The maximum atomic E-state index is 12.2. The van der Waals surface area contributed by atoms with Crippen LogP contribution < -0.4 is 5.32 Å². The first-order valence-corrected chi connectivity index (χ1v) is 7.57. The Morgan fingerprint density at radius 2 is 2.00 bits per heavy atom. The Hall–Kier alpha value is -3.22. The van der Waals surface area contributed by atoms with Gasteiger partial charge in [0.1, 0.15) is 6.10 Å². The molecule has 1 amide bonds. The number of nitrogens with one attached hydrogen (secondary N) is 1. The fourth-order valence-electron chi connectivity index (χ4n) is 2.80. The van der Waals surface area contributed by atoms with E-state index in [1.165, 1.54) is 0 Å². The van der Waals surface area contributed by atoms with Gasteiger partial charge in [-0.05, 0) is 18.2 Å². The summed E-state index contributed by atoms with van der Waals surface area (Å²) in [6.45, 7) is 0.256. The molecule has 0 radical (unpaired) electrons. The summed E-state index contributed by atoms with van der Waals surface area (Å²) in [6, 6.07) is 12.7. The van der Waals surface area contributed by atoms with Crippen molar-refractivity contribution in [2.45, 2.75) is 19.1 Å². The van der Waals surface area contributed by atoms with Crippen LogP contribution >= 0.6 is 0 Å². The number of nitrogens with zero attached hydrogens (tertiary/aromatic N) is 3. The second kappa shape index (κ2) is 5.77. The Labute approximate surface area is 137 Å². The zero-order chi connectivity index (χ0) is 16.5. The quantitative estimate of drug-likeness (QED) is 0.738. The van der Waals surface area contributed by atoms with Gasteiger partial charge in [-0.2, -0.15) is 0 Å². The molecule has 0 saturated heterocycles. The van der Waals surface area contributed by atoms with Crippen LogP contribution in [0.15, 0.2) is 48.7 Å². The highest BCUT2D eigenvalue weighted by molar-refractivity contribution is 5.94. The normalized spacial score (nSPS) is 16.0. The lowest BCUT2D eigenvalue weighted by molar-refractivity contribution is -0.123. The Morgan fingerprint density at radius 3 is 2.92 bits per heavy atom. The van der Waals surface area contributed by atoms with Crippen molar-refractivity contribution in [1.82, 2.24) is 19.9 Å². The van der Waals surface area contributed by atoms with Gasteiger partial charge in [0.2, 0.25) is 5.91 Å². The highest BCUT2D eigenvalue weighted by Gasteiger charge is 2.31. The van der Waals surface area contributed by atoms with E-state index in [2.05, 4.69) is 15.5 Å². The number of pyridine rings is 1. The van der Waals surface area contributed by atoms with E-state index in [4.69, 9.17) is 4.74 Å². The van der Waals surface area contributed by atoms with Crippen LogP contribution in [-0.4, -0.2) is 26.5 Å². The molecule has 0 saturated carbocycles. The molecule has 120 valence electrons. The zero-order valence-corrected chi connectivity index (χ0v) is 12.7. The lowest BCUT2D eigenvalue weighted by atomic mass is 10.0. The maximum absolute atomic E-state index is 12.2. The van der Waals surface area contributed by atoms with Crippen LogP contribution in [0.5, 0.6) is 0 Å². The molecule has 1 aliphatic rings. The topological polar surface area (TPSA) is 85.6 Å². The summed E-state index contributed by atoms with van der Waals surface area (Å²) < 4.78 is 7.09. The summed E-state index contributed by atoms with van der Waals surface area (Å²) in [6.07, 6.45) is 1.38. The van der Waals surface area contributed by atoms with E-state index in [-0.39, 0.29) is 24.8 Å². The van der Waals surface area contributed by atoms with Crippen molar-refractivity contribution in [2.24, 2.45) is 0 Å². The third-order valence-corrected chi connectivity index (χ3v) is 3.98. The van der Waals surface area contributed by atoms with Gasteiger partial charge in [-0.1, -0.05) is 24.3 Å². The number of carbonyl (C=O) groups is 2. The number of amides is 1. The van der Waals surface area contributed by atoms with Crippen LogP contribution in [0.2, 0.25) is 0 Å². The van der Waals surface area contributed by atoms with Gasteiger partial charge in [0.15, 0.2) is 11.5 Å². The average molecular weight is 322 g/mol. The van der Waals surface area contributed by atoms with Crippen molar-refractivity contribution in [2.75, 3.05) is 0 Å². The molecule has 1 aliphatic heterocycles. The predicted molar refractivity (Wildman–Crippen MR) is 84.0 cm³/mol. The Bertz CT molecular complexity index is 934. The summed E-state index contributed by atoms with van der Waals surface area (Å²) >= 11 is 0. The molecule has 2 aromatic heterocycles. The lowest BCUT2D eigenvalue weighted by Crippen LogP contribution is -2.25. The third kappa shape index (κ3) is 2.50. The van der Waals surface area contributed by atoms with Gasteiger partial charge in [0.05, 0.1) is 18.5 Å². The van der Waals surface area contributed by atoms with Crippen molar-refractivity contribution in [1.29, 1.82) is 0 Å². The standard InChI is InChI=1S/C17H14N4O3/c22-16(9-13-11-5-1-2-6-12(11)17(23)24-13)18-10-15-20-19-14-7-3-4-8-21(14)15/h1-8,13H,9-10H2,(H,18,22)/t13-/m0/s1. The fraction of sp³-hybridized carbons (Fsp3) is 0.176. The Balaban J connectivity index is 1.42. The second-order valence-electron chi connectivity index (χ2n) is 5.51. The minimum atomic E-state index is -0.538. The molecule has 3 aromatic rings. The van der Waals surface area contributed by atoms with E-state index >= 15 is 0 Å². The zero-order valence-electron chi connectivity index (χ0n) is 12.7. The molecule has 0 aliphatic carbocycles. The molecule has 24 heavy (non-hydrogen) atoms. The number of hydrogen-bond acceptors (Lipinski definition) is 5. The Morgan fingerprint density at radius 1 is 1.17 bits per heavy atom. The van der Waals surface area contributed by atoms with Crippen molar-refractivity contribution in [3.8, 4) is 0 Å². The maximum Gasteiger partial charge on any atom is 0.339 e. The number of benzene rings is 1.